The second-order valence-corrected chi connectivity index (χ2v) is 3.86. The van der Waals surface area contributed by atoms with E-state index >= 15 is 0 Å². The van der Waals surface area contributed by atoms with Gasteiger partial charge in [0.05, 0.1) is 12.3 Å². The van der Waals surface area contributed by atoms with Crippen LogP contribution >= 0.6 is 0 Å². The second-order valence-electron chi connectivity index (χ2n) is 3.86. The number of hydrogen-bond acceptors (Lipinski definition) is 3. The van der Waals surface area contributed by atoms with Crippen LogP contribution in [0.1, 0.15) is 24.0 Å². The first-order chi connectivity index (χ1) is 8.33. The van der Waals surface area contributed by atoms with Gasteiger partial charge in [0.1, 0.15) is 12.4 Å². The van der Waals surface area contributed by atoms with Crippen molar-refractivity contribution in [3.63, 3.8) is 0 Å². The minimum Gasteiger partial charge on any atom is -0.372 e. The van der Waals surface area contributed by atoms with Gasteiger partial charge in [0.25, 0.3) is 5.56 Å². The van der Waals surface area contributed by atoms with Crippen LogP contribution in [0.2, 0.25) is 0 Å². The molecule has 18 heavy (non-hydrogen) atoms. The first kappa shape index (κ1) is 14.7. The van der Waals surface area contributed by atoms with E-state index in [-0.39, 0.29) is 18.6 Å². The highest BCUT2D eigenvalue weighted by Gasteiger charge is 2.27. The van der Waals surface area contributed by atoms with Crippen molar-refractivity contribution in [3.05, 3.63) is 27.4 Å². The van der Waals surface area contributed by atoms with Gasteiger partial charge in [-0.25, -0.2) is 4.98 Å². The number of aryl methyl sites for hydroxylation is 1. The van der Waals surface area contributed by atoms with E-state index in [2.05, 4.69) is 14.7 Å². The molecule has 1 aromatic rings. The lowest BCUT2D eigenvalue weighted by Crippen LogP contribution is -2.21. The molecular weight excluding hydrogens is 249 g/mol. The van der Waals surface area contributed by atoms with Crippen molar-refractivity contribution in [2.24, 2.45) is 0 Å². The molecule has 0 saturated carbocycles. The Morgan fingerprint density at radius 1 is 1.39 bits per heavy atom. The third-order valence-corrected chi connectivity index (χ3v) is 2.39. The standard InChI is InChI=1S/C11H15F3N2O2/c1-3-8-7(2)10(17)16-9(15-8)4-5-18-6-11(12,13)14/h3-6H2,1-2H3,(H,15,16,17). The zero-order valence-corrected chi connectivity index (χ0v) is 10.2. The number of nitrogens with one attached hydrogen (secondary N) is 1. The molecule has 1 N–H and O–H groups in total. The fourth-order valence-corrected chi connectivity index (χ4v) is 1.45. The lowest BCUT2D eigenvalue weighted by atomic mass is 10.2. The van der Waals surface area contributed by atoms with Gasteiger partial charge in [0.15, 0.2) is 0 Å². The number of ether oxygens (including phenoxy) is 1. The van der Waals surface area contributed by atoms with Crippen molar-refractivity contribution in [2.75, 3.05) is 13.2 Å². The molecule has 1 rings (SSSR count). The molecule has 0 amide bonds. The number of aromatic amines is 1. The molecule has 0 aliphatic carbocycles. The Balaban J connectivity index is 2.58. The van der Waals surface area contributed by atoms with Crippen molar-refractivity contribution in [1.29, 1.82) is 0 Å². The first-order valence-corrected chi connectivity index (χ1v) is 5.56. The van der Waals surface area contributed by atoms with E-state index < -0.39 is 12.8 Å². The van der Waals surface area contributed by atoms with Gasteiger partial charge < -0.3 is 9.72 Å². The van der Waals surface area contributed by atoms with Crippen LogP contribution < -0.4 is 5.56 Å². The van der Waals surface area contributed by atoms with E-state index in [1.54, 1.807) is 6.92 Å². The average molecular weight is 264 g/mol. The van der Waals surface area contributed by atoms with E-state index in [0.717, 1.165) is 0 Å². The third kappa shape index (κ3) is 4.48. The quantitative estimate of drug-likeness (QED) is 0.824. The van der Waals surface area contributed by atoms with Crippen molar-refractivity contribution < 1.29 is 17.9 Å². The van der Waals surface area contributed by atoms with Crippen LogP contribution in [0.4, 0.5) is 13.2 Å². The van der Waals surface area contributed by atoms with Gasteiger partial charge in [0.2, 0.25) is 0 Å². The number of nitrogens with zero attached hydrogens (tertiary/aromatic N) is 1. The Morgan fingerprint density at radius 3 is 2.61 bits per heavy atom. The van der Waals surface area contributed by atoms with Gasteiger partial charge in [-0.1, -0.05) is 6.92 Å². The van der Waals surface area contributed by atoms with Crippen molar-refractivity contribution in [3.8, 4) is 0 Å². The summed E-state index contributed by atoms with van der Waals surface area (Å²) in [4.78, 5) is 18.2. The summed E-state index contributed by atoms with van der Waals surface area (Å²) < 4.78 is 39.9. The predicted octanol–water partition coefficient (Wildman–Crippen LogP) is 1.76. The molecule has 0 atom stereocenters. The fraction of sp³-hybridized carbons (Fsp3) is 0.636. The molecule has 4 nitrogen and oxygen atoms in total. The van der Waals surface area contributed by atoms with E-state index in [0.29, 0.717) is 23.5 Å². The number of rotatable bonds is 5. The van der Waals surface area contributed by atoms with E-state index in [4.69, 9.17) is 0 Å². The maximum Gasteiger partial charge on any atom is 0.411 e. The van der Waals surface area contributed by atoms with E-state index in [9.17, 15) is 18.0 Å². The van der Waals surface area contributed by atoms with Gasteiger partial charge in [-0.05, 0) is 13.3 Å². The molecule has 0 aliphatic rings. The van der Waals surface area contributed by atoms with Crippen LogP contribution in [0.5, 0.6) is 0 Å². The summed E-state index contributed by atoms with van der Waals surface area (Å²) in [6.45, 7) is 2.10. The SMILES string of the molecule is CCc1nc(CCOCC(F)(F)F)[nH]c(=O)c1C. The van der Waals surface area contributed by atoms with Gasteiger partial charge in [-0.2, -0.15) is 13.2 Å². The minimum atomic E-state index is -4.33. The third-order valence-electron chi connectivity index (χ3n) is 2.39. The van der Waals surface area contributed by atoms with Crippen LogP contribution in [0.3, 0.4) is 0 Å². The largest absolute Gasteiger partial charge is 0.411 e. The smallest absolute Gasteiger partial charge is 0.372 e. The number of hydrogen-bond donors (Lipinski definition) is 1. The van der Waals surface area contributed by atoms with Gasteiger partial charge in [-0.3, -0.25) is 4.79 Å². The summed E-state index contributed by atoms with van der Waals surface area (Å²) in [6, 6.07) is 0. The number of alkyl halides is 3. The molecule has 7 heteroatoms. The van der Waals surface area contributed by atoms with Crippen LogP contribution in [0.25, 0.3) is 0 Å². The molecule has 0 fully saturated rings. The molecule has 102 valence electrons. The summed E-state index contributed by atoms with van der Waals surface area (Å²) in [5, 5.41) is 0. The number of aromatic nitrogens is 2. The van der Waals surface area contributed by atoms with Crippen LogP contribution in [0, 0.1) is 6.92 Å². The Bertz CT molecular complexity index is 455. The Kier molecular flexibility index (Phi) is 4.89. The monoisotopic (exact) mass is 264 g/mol. The van der Waals surface area contributed by atoms with Crippen molar-refractivity contribution in [2.45, 2.75) is 32.9 Å². The Hall–Kier alpha value is -1.37. The summed E-state index contributed by atoms with van der Waals surface area (Å²) in [5.41, 5.74) is 0.940. The zero-order chi connectivity index (χ0) is 13.8. The maximum absolute atomic E-state index is 11.8. The summed E-state index contributed by atoms with van der Waals surface area (Å²) in [7, 11) is 0. The van der Waals surface area contributed by atoms with E-state index in [1.165, 1.54) is 0 Å². The molecule has 0 aromatic carbocycles. The summed E-state index contributed by atoms with van der Waals surface area (Å²) >= 11 is 0. The molecule has 0 unspecified atom stereocenters. The Morgan fingerprint density at radius 2 is 2.06 bits per heavy atom. The number of halogens is 3. The molecule has 0 aliphatic heterocycles. The average Bonchev–Trinajstić information content (AvgIpc) is 2.27. The van der Waals surface area contributed by atoms with Crippen LogP contribution in [-0.4, -0.2) is 29.4 Å². The van der Waals surface area contributed by atoms with Gasteiger partial charge in [0, 0.05) is 12.0 Å². The molecule has 0 radical (unpaired) electrons. The van der Waals surface area contributed by atoms with Gasteiger partial charge in [-0.15, -0.1) is 0 Å². The highest BCUT2D eigenvalue weighted by Crippen LogP contribution is 2.14. The van der Waals surface area contributed by atoms with Crippen LogP contribution in [0.15, 0.2) is 4.79 Å². The molecule has 0 spiro atoms. The Labute approximate surface area is 102 Å². The normalized spacial score (nSPS) is 11.8. The summed E-state index contributed by atoms with van der Waals surface area (Å²) in [6.07, 6.45) is -3.58. The van der Waals surface area contributed by atoms with Gasteiger partial charge >= 0.3 is 6.18 Å². The number of H-pyrrole nitrogens is 1. The van der Waals surface area contributed by atoms with Crippen molar-refractivity contribution in [1.82, 2.24) is 9.97 Å². The fourth-order valence-electron chi connectivity index (χ4n) is 1.45. The molecule has 0 bridgehead atoms. The molecule has 1 heterocycles. The lowest BCUT2D eigenvalue weighted by molar-refractivity contribution is -0.173. The first-order valence-electron chi connectivity index (χ1n) is 5.56. The highest BCUT2D eigenvalue weighted by molar-refractivity contribution is 5.15. The lowest BCUT2D eigenvalue weighted by Gasteiger charge is -2.08. The summed E-state index contributed by atoms with van der Waals surface area (Å²) in [5.74, 6) is 0.352. The van der Waals surface area contributed by atoms with Crippen LogP contribution in [-0.2, 0) is 17.6 Å². The highest BCUT2D eigenvalue weighted by atomic mass is 19.4. The van der Waals surface area contributed by atoms with Crippen molar-refractivity contribution >= 4 is 0 Å². The second kappa shape index (κ2) is 5.99. The molecular formula is C11H15F3N2O2. The topological polar surface area (TPSA) is 55.0 Å². The zero-order valence-electron chi connectivity index (χ0n) is 10.2. The molecule has 1 aromatic heterocycles. The predicted molar refractivity (Wildman–Crippen MR) is 59.6 cm³/mol. The van der Waals surface area contributed by atoms with E-state index in [1.807, 2.05) is 6.92 Å². The molecule has 0 saturated heterocycles. The minimum absolute atomic E-state index is 0.130. The maximum atomic E-state index is 11.8.